The highest BCUT2D eigenvalue weighted by Gasteiger charge is 2.20. The summed E-state index contributed by atoms with van der Waals surface area (Å²) in [5.41, 5.74) is 0.378. The number of carboxylic acids is 1. The first-order valence-electron chi connectivity index (χ1n) is 5.29. The van der Waals surface area contributed by atoms with Crippen LogP contribution in [0.5, 0.6) is 5.75 Å². The minimum Gasteiger partial charge on any atom is -0.507 e. The molecule has 0 spiro atoms. The van der Waals surface area contributed by atoms with Crippen LogP contribution >= 0.6 is 11.5 Å². The Morgan fingerprint density at radius 2 is 2.00 bits per heavy atom. The number of aromatic hydroxyl groups is 1. The van der Waals surface area contributed by atoms with Gasteiger partial charge < -0.3 is 15.5 Å². The normalized spacial score (nSPS) is 10.2. The first kappa shape index (κ1) is 13.0. The number of aromatic carboxylic acids is 1. The summed E-state index contributed by atoms with van der Waals surface area (Å²) >= 11 is 0.889. The summed E-state index contributed by atoms with van der Waals surface area (Å²) in [5.74, 6) is -1.90. The molecule has 0 bridgehead atoms. The number of nitrogens with one attached hydrogen (secondary N) is 1. The summed E-state index contributed by atoms with van der Waals surface area (Å²) in [5, 5.41) is 21.2. The molecule has 0 aliphatic heterocycles. The van der Waals surface area contributed by atoms with Crippen molar-refractivity contribution in [3.05, 3.63) is 41.1 Å². The number of carbonyl (C=O) groups is 2. The van der Waals surface area contributed by atoms with Gasteiger partial charge in [0, 0.05) is 0 Å². The monoisotopic (exact) mass is 278 g/mol. The lowest BCUT2D eigenvalue weighted by atomic mass is 10.2. The quantitative estimate of drug-likeness (QED) is 0.798. The zero-order valence-electron chi connectivity index (χ0n) is 9.88. The van der Waals surface area contributed by atoms with Crippen LogP contribution in [0.4, 0.5) is 5.00 Å². The molecule has 0 saturated carbocycles. The first-order chi connectivity index (χ1) is 9.00. The molecule has 2 rings (SSSR count). The fourth-order valence-corrected chi connectivity index (χ4v) is 2.33. The molecule has 98 valence electrons. The van der Waals surface area contributed by atoms with Crippen molar-refractivity contribution < 1.29 is 19.8 Å². The molecule has 0 atom stereocenters. The maximum Gasteiger partial charge on any atom is 0.340 e. The molecule has 1 aromatic carbocycles. The number of anilines is 1. The Balaban J connectivity index is 2.30. The molecule has 1 heterocycles. The number of carboxylic acid groups (broad SMARTS) is 1. The molecular weight excluding hydrogens is 268 g/mol. The van der Waals surface area contributed by atoms with Crippen molar-refractivity contribution in [2.75, 3.05) is 5.32 Å². The molecule has 2 aromatic rings. The number of benzene rings is 1. The first-order valence-corrected chi connectivity index (χ1v) is 6.07. The fourth-order valence-electron chi connectivity index (χ4n) is 1.54. The number of nitrogens with zero attached hydrogens (tertiary/aromatic N) is 1. The number of phenols is 1. The third kappa shape index (κ3) is 2.55. The second kappa shape index (κ2) is 5.07. The second-order valence-corrected chi connectivity index (χ2v) is 4.52. The molecule has 0 saturated heterocycles. The van der Waals surface area contributed by atoms with Crippen LogP contribution in [0, 0.1) is 6.92 Å². The van der Waals surface area contributed by atoms with Crippen LogP contribution < -0.4 is 5.32 Å². The van der Waals surface area contributed by atoms with Crippen molar-refractivity contribution in [2.24, 2.45) is 0 Å². The van der Waals surface area contributed by atoms with E-state index in [9.17, 15) is 14.7 Å². The molecule has 0 aliphatic rings. The summed E-state index contributed by atoms with van der Waals surface area (Å²) in [6, 6.07) is 6.01. The Morgan fingerprint density at radius 3 is 2.63 bits per heavy atom. The van der Waals surface area contributed by atoms with E-state index in [2.05, 4.69) is 9.69 Å². The maximum atomic E-state index is 11.9. The van der Waals surface area contributed by atoms with E-state index in [0.717, 1.165) is 11.5 Å². The Kier molecular flexibility index (Phi) is 3.48. The zero-order valence-corrected chi connectivity index (χ0v) is 10.7. The Labute approximate surface area is 112 Å². The van der Waals surface area contributed by atoms with Crippen molar-refractivity contribution in [1.29, 1.82) is 0 Å². The Bertz CT molecular complexity index is 651. The number of hydrogen-bond acceptors (Lipinski definition) is 5. The molecule has 6 nitrogen and oxygen atoms in total. The smallest absolute Gasteiger partial charge is 0.340 e. The molecule has 0 unspecified atom stereocenters. The highest BCUT2D eigenvalue weighted by Crippen LogP contribution is 2.26. The van der Waals surface area contributed by atoms with Gasteiger partial charge in [-0.25, -0.2) is 4.79 Å². The van der Waals surface area contributed by atoms with Gasteiger partial charge in [0.05, 0.1) is 11.3 Å². The van der Waals surface area contributed by atoms with Crippen molar-refractivity contribution in [3.8, 4) is 5.75 Å². The van der Waals surface area contributed by atoms with Crippen LogP contribution in [0.25, 0.3) is 0 Å². The molecule has 3 N–H and O–H groups in total. The summed E-state index contributed by atoms with van der Waals surface area (Å²) in [6.07, 6.45) is 0. The molecule has 0 aliphatic carbocycles. The van der Waals surface area contributed by atoms with Crippen molar-refractivity contribution >= 4 is 28.4 Å². The minimum absolute atomic E-state index is 0.0335. The molecule has 19 heavy (non-hydrogen) atoms. The lowest BCUT2D eigenvalue weighted by Crippen LogP contribution is -2.13. The summed E-state index contributed by atoms with van der Waals surface area (Å²) in [6.45, 7) is 1.55. The van der Waals surface area contributed by atoms with E-state index in [1.807, 2.05) is 0 Å². The predicted octanol–water partition coefficient (Wildman–Crippen LogP) is 2.11. The van der Waals surface area contributed by atoms with Crippen LogP contribution in [0.1, 0.15) is 26.4 Å². The van der Waals surface area contributed by atoms with Gasteiger partial charge in [-0.1, -0.05) is 12.1 Å². The number of aryl methyl sites for hydroxylation is 1. The van der Waals surface area contributed by atoms with Gasteiger partial charge in [-0.05, 0) is 30.6 Å². The van der Waals surface area contributed by atoms with Crippen LogP contribution in [-0.2, 0) is 0 Å². The van der Waals surface area contributed by atoms with Gasteiger partial charge in [-0.3, -0.25) is 4.79 Å². The Hall–Kier alpha value is -2.41. The average Bonchev–Trinajstić information content (AvgIpc) is 2.70. The molecule has 7 heteroatoms. The highest BCUT2D eigenvalue weighted by atomic mass is 32.1. The van der Waals surface area contributed by atoms with Crippen LogP contribution in [0.3, 0.4) is 0 Å². The lowest BCUT2D eigenvalue weighted by Gasteiger charge is -2.05. The van der Waals surface area contributed by atoms with Gasteiger partial charge >= 0.3 is 5.97 Å². The molecular formula is C12H10N2O4S. The van der Waals surface area contributed by atoms with Gasteiger partial charge in [-0.2, -0.15) is 4.37 Å². The number of carbonyl (C=O) groups excluding carboxylic acids is 1. The predicted molar refractivity (Wildman–Crippen MR) is 69.9 cm³/mol. The minimum atomic E-state index is -1.15. The summed E-state index contributed by atoms with van der Waals surface area (Å²) in [4.78, 5) is 23.0. The van der Waals surface area contributed by atoms with E-state index in [1.165, 1.54) is 12.1 Å². The van der Waals surface area contributed by atoms with E-state index < -0.39 is 11.9 Å². The van der Waals surface area contributed by atoms with Crippen LogP contribution in [0.2, 0.25) is 0 Å². The van der Waals surface area contributed by atoms with E-state index in [1.54, 1.807) is 19.1 Å². The van der Waals surface area contributed by atoms with Crippen molar-refractivity contribution in [3.63, 3.8) is 0 Å². The molecule has 1 aromatic heterocycles. The van der Waals surface area contributed by atoms with E-state index in [-0.39, 0.29) is 21.9 Å². The fraction of sp³-hybridized carbons (Fsp3) is 0.0833. The Morgan fingerprint density at radius 1 is 1.32 bits per heavy atom. The van der Waals surface area contributed by atoms with Crippen molar-refractivity contribution in [1.82, 2.24) is 4.37 Å². The summed E-state index contributed by atoms with van der Waals surface area (Å²) in [7, 11) is 0. The number of phenolic OH excluding ortho intramolecular Hbond substituents is 1. The summed E-state index contributed by atoms with van der Waals surface area (Å²) < 4.78 is 3.89. The van der Waals surface area contributed by atoms with E-state index in [4.69, 9.17) is 5.11 Å². The SMILES string of the molecule is Cc1nsc(NC(=O)c2ccccc2O)c1C(=O)O. The van der Waals surface area contributed by atoms with Gasteiger partial charge in [0.25, 0.3) is 5.91 Å². The second-order valence-electron chi connectivity index (χ2n) is 3.75. The number of rotatable bonds is 3. The molecule has 0 fully saturated rings. The molecule has 1 amide bonds. The van der Waals surface area contributed by atoms with Crippen molar-refractivity contribution in [2.45, 2.75) is 6.92 Å². The van der Waals surface area contributed by atoms with Crippen LogP contribution in [0.15, 0.2) is 24.3 Å². The number of aromatic nitrogens is 1. The van der Waals surface area contributed by atoms with Gasteiger partial charge in [0.1, 0.15) is 16.3 Å². The van der Waals surface area contributed by atoms with Gasteiger partial charge in [0.2, 0.25) is 0 Å². The number of para-hydroxylation sites is 1. The van der Waals surface area contributed by atoms with E-state index in [0.29, 0.717) is 5.69 Å². The standard InChI is InChI=1S/C12H10N2O4S/c1-6-9(12(17)18)11(19-14-6)13-10(16)7-4-2-3-5-8(7)15/h2-5,15H,1H3,(H,13,16)(H,17,18). The largest absolute Gasteiger partial charge is 0.507 e. The zero-order chi connectivity index (χ0) is 14.0. The lowest BCUT2D eigenvalue weighted by molar-refractivity contribution is 0.0697. The third-order valence-corrected chi connectivity index (χ3v) is 3.31. The van der Waals surface area contributed by atoms with Gasteiger partial charge in [-0.15, -0.1) is 0 Å². The van der Waals surface area contributed by atoms with Gasteiger partial charge in [0.15, 0.2) is 0 Å². The van der Waals surface area contributed by atoms with E-state index >= 15 is 0 Å². The van der Waals surface area contributed by atoms with Crippen LogP contribution in [-0.4, -0.2) is 26.5 Å². The third-order valence-electron chi connectivity index (χ3n) is 2.45. The number of hydrogen-bond donors (Lipinski definition) is 3. The molecule has 0 radical (unpaired) electrons. The average molecular weight is 278 g/mol. The maximum absolute atomic E-state index is 11.9. The number of amides is 1. The highest BCUT2D eigenvalue weighted by molar-refractivity contribution is 7.11. The topological polar surface area (TPSA) is 99.5 Å².